The third-order valence-corrected chi connectivity index (χ3v) is 7.46. The van der Waals surface area contributed by atoms with Gasteiger partial charge < -0.3 is 14.2 Å². The molecule has 2 aliphatic rings. The third-order valence-electron chi connectivity index (χ3n) is 7.46. The molecule has 2 aliphatic heterocycles. The summed E-state index contributed by atoms with van der Waals surface area (Å²) in [5.74, 6) is 2.08. The van der Waals surface area contributed by atoms with E-state index in [1.165, 1.54) is 5.56 Å². The molecular formula is C31H36N4O4. The largest absolute Gasteiger partial charge is 0.497 e. The van der Waals surface area contributed by atoms with Crippen molar-refractivity contribution in [2.24, 2.45) is 5.10 Å². The number of carbonyl (C=O) groups is 1. The maximum Gasteiger partial charge on any atom is 0.257 e. The zero-order valence-corrected chi connectivity index (χ0v) is 22.9. The van der Waals surface area contributed by atoms with E-state index in [2.05, 4.69) is 34.1 Å². The van der Waals surface area contributed by atoms with Gasteiger partial charge in [0.2, 0.25) is 0 Å². The number of rotatable bonds is 9. The van der Waals surface area contributed by atoms with E-state index in [0.717, 1.165) is 55.3 Å². The number of carbonyl (C=O) groups excluding carboxylic acids is 1. The Kier molecular flexibility index (Phi) is 8.44. The summed E-state index contributed by atoms with van der Waals surface area (Å²) >= 11 is 0. The highest BCUT2D eigenvalue weighted by Gasteiger charge is 2.36. The second-order valence-corrected chi connectivity index (χ2v) is 9.85. The normalized spacial score (nSPS) is 18.1. The molecule has 204 valence electrons. The number of para-hydroxylation sites is 1. The number of nitrogens with zero attached hydrogens (tertiary/aromatic N) is 4. The molecule has 0 N–H and O–H groups in total. The van der Waals surface area contributed by atoms with Crippen molar-refractivity contribution in [1.82, 2.24) is 14.8 Å². The maximum absolute atomic E-state index is 13.8. The van der Waals surface area contributed by atoms with E-state index in [9.17, 15) is 4.79 Å². The number of hydrazone groups is 1. The van der Waals surface area contributed by atoms with Crippen molar-refractivity contribution in [3.8, 4) is 17.2 Å². The molecule has 1 saturated heterocycles. The molecule has 1 unspecified atom stereocenters. The van der Waals surface area contributed by atoms with Gasteiger partial charge in [0.05, 0.1) is 39.6 Å². The SMILES string of the molecule is COc1ccc(C2CC(c3ccccc3OC)=NN2C(=O)CN2CCN(Cc3ccccc3)CC2)c(OC)c1. The van der Waals surface area contributed by atoms with Gasteiger partial charge in [-0.15, -0.1) is 0 Å². The Labute approximate surface area is 230 Å². The first-order valence-electron chi connectivity index (χ1n) is 13.3. The number of benzene rings is 3. The van der Waals surface area contributed by atoms with Gasteiger partial charge in [-0.1, -0.05) is 42.5 Å². The number of hydrogen-bond donors (Lipinski definition) is 0. The molecule has 8 heteroatoms. The summed E-state index contributed by atoms with van der Waals surface area (Å²) in [5.41, 5.74) is 3.92. The molecular weight excluding hydrogens is 492 g/mol. The first-order chi connectivity index (χ1) is 19.1. The maximum atomic E-state index is 13.8. The molecule has 2 heterocycles. The summed E-state index contributed by atoms with van der Waals surface area (Å²) in [5, 5.41) is 6.52. The Morgan fingerprint density at radius 1 is 0.821 bits per heavy atom. The van der Waals surface area contributed by atoms with Crippen molar-refractivity contribution in [3.05, 3.63) is 89.5 Å². The smallest absolute Gasteiger partial charge is 0.257 e. The number of methoxy groups -OCH3 is 3. The number of piperazine rings is 1. The molecule has 1 amide bonds. The van der Waals surface area contributed by atoms with E-state index < -0.39 is 0 Å². The molecule has 0 bridgehead atoms. The first kappa shape index (κ1) is 26.7. The highest BCUT2D eigenvalue weighted by atomic mass is 16.5. The minimum absolute atomic E-state index is 0.0284. The molecule has 0 spiro atoms. The highest BCUT2D eigenvalue weighted by Crippen LogP contribution is 2.40. The topological polar surface area (TPSA) is 66.8 Å². The van der Waals surface area contributed by atoms with Crippen molar-refractivity contribution < 1.29 is 19.0 Å². The second kappa shape index (κ2) is 12.3. The third kappa shape index (κ3) is 6.08. The molecule has 0 radical (unpaired) electrons. The summed E-state index contributed by atoms with van der Waals surface area (Å²) in [6.45, 7) is 4.77. The van der Waals surface area contributed by atoms with Crippen molar-refractivity contribution >= 4 is 11.6 Å². The molecule has 1 fully saturated rings. The molecule has 0 aromatic heterocycles. The van der Waals surface area contributed by atoms with Crippen LogP contribution in [0, 0.1) is 0 Å². The van der Waals surface area contributed by atoms with Gasteiger partial charge in [0.1, 0.15) is 17.2 Å². The Hall–Kier alpha value is -3.88. The summed E-state index contributed by atoms with van der Waals surface area (Å²) in [7, 11) is 4.91. The summed E-state index contributed by atoms with van der Waals surface area (Å²) in [4.78, 5) is 18.5. The van der Waals surface area contributed by atoms with Crippen molar-refractivity contribution in [1.29, 1.82) is 0 Å². The Morgan fingerprint density at radius 2 is 1.51 bits per heavy atom. The van der Waals surface area contributed by atoms with Crippen LogP contribution in [0.2, 0.25) is 0 Å². The van der Waals surface area contributed by atoms with E-state index in [4.69, 9.17) is 19.3 Å². The predicted molar refractivity (Wildman–Crippen MR) is 151 cm³/mol. The van der Waals surface area contributed by atoms with Gasteiger partial charge in [0.25, 0.3) is 5.91 Å². The van der Waals surface area contributed by atoms with Crippen molar-refractivity contribution in [3.63, 3.8) is 0 Å². The molecule has 0 saturated carbocycles. The average molecular weight is 529 g/mol. The van der Waals surface area contributed by atoms with Crippen molar-refractivity contribution in [2.45, 2.75) is 19.0 Å². The van der Waals surface area contributed by atoms with E-state index in [1.807, 2.05) is 48.5 Å². The number of hydrogen-bond acceptors (Lipinski definition) is 7. The summed E-state index contributed by atoms with van der Waals surface area (Å²) < 4.78 is 16.7. The van der Waals surface area contributed by atoms with E-state index >= 15 is 0 Å². The zero-order chi connectivity index (χ0) is 27.2. The average Bonchev–Trinajstić information content (AvgIpc) is 3.43. The van der Waals surface area contributed by atoms with Crippen LogP contribution in [0.5, 0.6) is 17.2 Å². The van der Waals surface area contributed by atoms with Gasteiger partial charge in [-0.05, 0) is 29.8 Å². The van der Waals surface area contributed by atoms with Crippen molar-refractivity contribution in [2.75, 3.05) is 54.1 Å². The second-order valence-electron chi connectivity index (χ2n) is 9.85. The molecule has 3 aromatic rings. The van der Waals surface area contributed by atoms with Crippen LogP contribution in [-0.2, 0) is 11.3 Å². The summed E-state index contributed by atoms with van der Waals surface area (Å²) in [6, 6.07) is 23.7. The minimum atomic E-state index is -0.294. The Balaban J connectivity index is 1.34. The molecule has 0 aliphatic carbocycles. The van der Waals surface area contributed by atoms with Gasteiger partial charge in [-0.3, -0.25) is 14.6 Å². The zero-order valence-electron chi connectivity index (χ0n) is 22.9. The fraction of sp³-hybridized carbons (Fsp3) is 0.355. The van der Waals surface area contributed by atoms with Gasteiger partial charge >= 0.3 is 0 Å². The van der Waals surface area contributed by atoms with Crippen LogP contribution in [0.4, 0.5) is 0 Å². The van der Waals surface area contributed by atoms with Gasteiger partial charge in [-0.25, -0.2) is 5.01 Å². The summed E-state index contributed by atoms with van der Waals surface area (Å²) in [6.07, 6.45) is 0.555. The Bertz CT molecular complexity index is 1300. The lowest BCUT2D eigenvalue weighted by Crippen LogP contribution is -2.49. The van der Waals surface area contributed by atoms with Gasteiger partial charge in [-0.2, -0.15) is 5.10 Å². The molecule has 3 aromatic carbocycles. The first-order valence-corrected chi connectivity index (χ1v) is 13.3. The highest BCUT2D eigenvalue weighted by molar-refractivity contribution is 6.05. The molecule has 39 heavy (non-hydrogen) atoms. The molecule has 8 nitrogen and oxygen atoms in total. The van der Waals surface area contributed by atoms with Crippen LogP contribution in [0.3, 0.4) is 0 Å². The fourth-order valence-electron chi connectivity index (χ4n) is 5.33. The fourth-order valence-corrected chi connectivity index (χ4v) is 5.33. The molecule has 1 atom stereocenters. The van der Waals surface area contributed by atoms with E-state index in [0.29, 0.717) is 24.5 Å². The van der Waals surface area contributed by atoms with Crippen LogP contribution in [0.25, 0.3) is 0 Å². The van der Waals surface area contributed by atoms with Crippen LogP contribution < -0.4 is 14.2 Å². The predicted octanol–water partition coefficient (Wildman–Crippen LogP) is 4.21. The lowest BCUT2D eigenvalue weighted by atomic mass is 9.97. The lowest BCUT2D eigenvalue weighted by molar-refractivity contribution is -0.134. The van der Waals surface area contributed by atoms with Crippen LogP contribution >= 0.6 is 0 Å². The Morgan fingerprint density at radius 3 is 2.23 bits per heavy atom. The number of ether oxygens (including phenoxy) is 3. The van der Waals surface area contributed by atoms with Gasteiger partial charge in [0, 0.05) is 56.3 Å². The minimum Gasteiger partial charge on any atom is -0.497 e. The number of amides is 1. The van der Waals surface area contributed by atoms with Crippen LogP contribution in [0.1, 0.15) is 29.2 Å². The monoisotopic (exact) mass is 528 g/mol. The van der Waals surface area contributed by atoms with E-state index in [-0.39, 0.29) is 11.9 Å². The van der Waals surface area contributed by atoms with E-state index in [1.54, 1.807) is 26.3 Å². The van der Waals surface area contributed by atoms with Crippen LogP contribution in [0.15, 0.2) is 77.9 Å². The lowest BCUT2D eigenvalue weighted by Gasteiger charge is -2.35. The van der Waals surface area contributed by atoms with Gasteiger partial charge in [0.15, 0.2) is 0 Å². The quantitative estimate of drug-likeness (QED) is 0.415. The standard InChI is InChI=1S/C31H36N4O4/c1-37-24-13-14-26(30(19-24)39-3)28-20-27(25-11-7-8-12-29(25)38-2)32-35(28)31(36)22-34-17-15-33(16-18-34)21-23-9-5-4-6-10-23/h4-14,19,28H,15-18,20-22H2,1-3H3. The van der Waals surface area contributed by atoms with Crippen LogP contribution in [-0.4, -0.2) is 80.5 Å². The molecule has 5 rings (SSSR count).